The molecule has 0 bridgehead atoms. The van der Waals surface area contributed by atoms with Gasteiger partial charge in [0.05, 0.1) is 6.04 Å². The van der Waals surface area contributed by atoms with Gasteiger partial charge in [-0.15, -0.1) is 0 Å². The number of ether oxygens (including phenoxy) is 3. The molecule has 0 aromatic carbocycles. The molecule has 0 spiro atoms. The Balaban J connectivity index is 2.10. The predicted molar refractivity (Wildman–Crippen MR) is 111 cm³/mol. The lowest BCUT2D eigenvalue weighted by molar-refractivity contribution is -0.219. The molecular weight excluding hydrogens is 406 g/mol. The van der Waals surface area contributed by atoms with Crippen LogP contribution in [-0.2, 0) is 28.6 Å². The van der Waals surface area contributed by atoms with E-state index in [0.29, 0.717) is 18.5 Å². The number of fused-ring (bicyclic) bond motifs is 1. The summed E-state index contributed by atoms with van der Waals surface area (Å²) in [6, 6.07) is -0.220. The Hall–Kier alpha value is -2.23. The summed E-state index contributed by atoms with van der Waals surface area (Å²) >= 11 is 0. The van der Waals surface area contributed by atoms with Crippen molar-refractivity contribution >= 4 is 17.9 Å². The molecule has 2 rings (SSSR count). The van der Waals surface area contributed by atoms with Gasteiger partial charge in [0.15, 0.2) is 0 Å². The van der Waals surface area contributed by atoms with Crippen LogP contribution < -0.4 is 0 Å². The highest BCUT2D eigenvalue weighted by Crippen LogP contribution is 2.33. The van der Waals surface area contributed by atoms with E-state index in [4.69, 9.17) is 14.2 Å². The molecule has 9 heteroatoms. The molecule has 2 aliphatic rings. The highest BCUT2D eigenvalue weighted by atomic mass is 16.6. The van der Waals surface area contributed by atoms with Crippen molar-refractivity contribution in [2.24, 2.45) is 0 Å². The lowest BCUT2D eigenvalue weighted by Gasteiger charge is -2.39. The maximum Gasteiger partial charge on any atom is 0.345 e. The highest BCUT2D eigenvalue weighted by Gasteiger charge is 2.56. The van der Waals surface area contributed by atoms with Gasteiger partial charge in [0.2, 0.25) is 5.60 Å². The summed E-state index contributed by atoms with van der Waals surface area (Å²) in [6.45, 7) is 9.59. The van der Waals surface area contributed by atoms with Gasteiger partial charge in [-0.3, -0.25) is 9.69 Å². The van der Waals surface area contributed by atoms with E-state index in [1.807, 2.05) is 6.08 Å². The molecule has 4 atom stereocenters. The van der Waals surface area contributed by atoms with Crippen molar-refractivity contribution in [2.75, 3.05) is 19.7 Å². The Labute approximate surface area is 182 Å². The van der Waals surface area contributed by atoms with Crippen molar-refractivity contribution < 1.29 is 38.8 Å². The summed E-state index contributed by atoms with van der Waals surface area (Å²) < 4.78 is 16.0. The molecule has 1 fully saturated rings. The fraction of sp³-hybridized carbons (Fsp3) is 0.682. The van der Waals surface area contributed by atoms with E-state index in [1.54, 1.807) is 19.9 Å². The third kappa shape index (κ3) is 5.16. The van der Waals surface area contributed by atoms with Crippen LogP contribution in [0.15, 0.2) is 23.3 Å². The van der Waals surface area contributed by atoms with Gasteiger partial charge in [0.25, 0.3) is 0 Å². The fourth-order valence-corrected chi connectivity index (χ4v) is 3.98. The van der Waals surface area contributed by atoms with E-state index >= 15 is 0 Å². The van der Waals surface area contributed by atoms with Gasteiger partial charge in [0, 0.05) is 25.6 Å². The van der Waals surface area contributed by atoms with Crippen molar-refractivity contribution in [1.82, 2.24) is 4.90 Å². The average molecular weight is 440 g/mol. The Bertz CT molecular complexity index is 781. The van der Waals surface area contributed by atoms with Crippen molar-refractivity contribution in [3.8, 4) is 0 Å². The molecule has 9 nitrogen and oxygen atoms in total. The number of rotatable bonds is 8. The molecule has 0 aromatic rings. The second-order valence-corrected chi connectivity index (χ2v) is 8.58. The first-order chi connectivity index (χ1) is 14.3. The molecule has 1 saturated heterocycles. The average Bonchev–Trinajstić information content (AvgIpc) is 3.26. The largest absolute Gasteiger partial charge is 0.459 e. The maximum absolute atomic E-state index is 12.8. The van der Waals surface area contributed by atoms with E-state index < -0.39 is 29.2 Å². The van der Waals surface area contributed by atoms with Crippen molar-refractivity contribution in [2.45, 2.75) is 77.4 Å². The normalized spacial score (nSPS) is 24.6. The van der Waals surface area contributed by atoms with Crippen LogP contribution in [0.25, 0.3) is 0 Å². The number of hydrogen-bond donors (Lipinski definition) is 2. The van der Waals surface area contributed by atoms with Crippen LogP contribution in [0, 0.1) is 0 Å². The Morgan fingerprint density at radius 1 is 1.29 bits per heavy atom. The molecule has 174 valence electrons. The van der Waals surface area contributed by atoms with E-state index in [0.717, 1.165) is 19.0 Å². The molecule has 0 aliphatic carbocycles. The van der Waals surface area contributed by atoms with Gasteiger partial charge in [0.1, 0.15) is 24.4 Å². The number of carbonyl (C=O) groups excluding carboxylic acids is 3. The second-order valence-electron chi connectivity index (χ2n) is 8.58. The van der Waals surface area contributed by atoms with Crippen molar-refractivity contribution in [3.05, 3.63) is 23.3 Å². The first kappa shape index (κ1) is 25.0. The maximum atomic E-state index is 12.8. The van der Waals surface area contributed by atoms with E-state index in [1.165, 1.54) is 20.8 Å². The van der Waals surface area contributed by atoms with Gasteiger partial charge in [-0.2, -0.15) is 0 Å². The highest BCUT2D eigenvalue weighted by molar-refractivity contribution is 5.87. The lowest BCUT2D eigenvalue weighted by Crippen LogP contribution is -2.64. The third-order valence-electron chi connectivity index (χ3n) is 5.97. The van der Waals surface area contributed by atoms with Crippen LogP contribution in [-0.4, -0.2) is 82.2 Å². The van der Waals surface area contributed by atoms with E-state index in [-0.39, 0.29) is 24.7 Å². The zero-order chi connectivity index (χ0) is 23.6. The molecule has 0 unspecified atom stereocenters. The van der Waals surface area contributed by atoms with Crippen LogP contribution >= 0.6 is 0 Å². The first-order valence-corrected chi connectivity index (χ1v) is 10.4. The monoisotopic (exact) mass is 439 g/mol. The zero-order valence-corrected chi connectivity index (χ0v) is 19.0. The summed E-state index contributed by atoms with van der Waals surface area (Å²) in [5, 5.41) is 21.4. The van der Waals surface area contributed by atoms with Crippen LogP contribution in [0.4, 0.5) is 0 Å². The molecule has 31 heavy (non-hydrogen) atoms. The van der Waals surface area contributed by atoms with Gasteiger partial charge in [-0.05, 0) is 46.6 Å². The molecular formula is C22H33NO8. The van der Waals surface area contributed by atoms with E-state index in [2.05, 4.69) is 4.90 Å². The number of esters is 3. The number of carbonyl (C=O) groups is 3. The molecule has 0 saturated carbocycles. The summed E-state index contributed by atoms with van der Waals surface area (Å²) in [4.78, 5) is 38.4. The summed E-state index contributed by atoms with van der Waals surface area (Å²) in [5.74, 6) is -2.20. The Kier molecular flexibility index (Phi) is 7.67. The predicted octanol–water partition coefficient (Wildman–Crippen LogP) is 0.876. The molecule has 0 aromatic heterocycles. The van der Waals surface area contributed by atoms with Crippen LogP contribution in [0.1, 0.15) is 48.0 Å². The minimum absolute atomic E-state index is 0.151. The van der Waals surface area contributed by atoms with Gasteiger partial charge >= 0.3 is 17.9 Å². The van der Waals surface area contributed by atoms with Gasteiger partial charge in [-0.1, -0.05) is 12.2 Å². The van der Waals surface area contributed by atoms with Gasteiger partial charge < -0.3 is 24.4 Å². The smallest absolute Gasteiger partial charge is 0.345 e. The molecule has 0 amide bonds. The molecule has 0 radical (unpaired) electrons. The second kappa shape index (κ2) is 9.50. The molecule has 2 heterocycles. The Morgan fingerprint density at radius 2 is 1.94 bits per heavy atom. The minimum Gasteiger partial charge on any atom is -0.459 e. The van der Waals surface area contributed by atoms with E-state index in [9.17, 15) is 24.6 Å². The number of nitrogens with zero attached hydrogens (tertiary/aromatic N) is 1. The van der Waals surface area contributed by atoms with Crippen molar-refractivity contribution in [3.63, 3.8) is 0 Å². The standard InChI is InChI=1S/C22H33NO8/c1-7-13(2)19(25)31-17-9-11-23-10-8-16(18(17)23)12-29-20(26)22(28,21(5,6)27)14(3)30-15(4)24/h7-8,14,17-18,27-28H,9-12H2,1-6H3/b13-7-/t14-,17-,18-,22+/m0/s1. The quantitative estimate of drug-likeness (QED) is 0.245. The van der Waals surface area contributed by atoms with Crippen molar-refractivity contribution in [1.29, 1.82) is 0 Å². The Morgan fingerprint density at radius 3 is 2.48 bits per heavy atom. The SMILES string of the molecule is C/C=C(/C)C(=O)O[C@H]1CCN2CC=C(COC(=O)[C@](O)([C@H](C)OC(C)=O)C(C)(C)O)[C@@H]12. The third-order valence-corrected chi connectivity index (χ3v) is 5.97. The van der Waals surface area contributed by atoms with Crippen LogP contribution in [0.2, 0.25) is 0 Å². The topological polar surface area (TPSA) is 123 Å². The number of allylic oxidation sites excluding steroid dienone is 1. The van der Waals surface area contributed by atoms with Gasteiger partial charge in [-0.25, -0.2) is 9.59 Å². The summed E-state index contributed by atoms with van der Waals surface area (Å²) in [6.07, 6.45) is 2.54. The summed E-state index contributed by atoms with van der Waals surface area (Å²) in [5.41, 5.74) is -3.14. The number of aliphatic hydroxyl groups is 2. The zero-order valence-electron chi connectivity index (χ0n) is 19.0. The lowest BCUT2D eigenvalue weighted by atomic mass is 9.81. The number of hydrogen-bond acceptors (Lipinski definition) is 9. The van der Waals surface area contributed by atoms with Crippen LogP contribution in [0.3, 0.4) is 0 Å². The first-order valence-electron chi connectivity index (χ1n) is 10.4. The van der Waals surface area contributed by atoms with Crippen LogP contribution in [0.5, 0.6) is 0 Å². The fourth-order valence-electron chi connectivity index (χ4n) is 3.98. The summed E-state index contributed by atoms with van der Waals surface area (Å²) in [7, 11) is 0. The minimum atomic E-state index is -2.47. The molecule has 2 aliphatic heterocycles. The molecule has 2 N–H and O–H groups in total.